The molecule has 0 saturated heterocycles. The van der Waals surface area contributed by atoms with Gasteiger partial charge in [0.05, 0.1) is 50.4 Å². The van der Waals surface area contributed by atoms with Crippen LogP contribution in [0.2, 0.25) is 0 Å². The molecular weight excluding hydrogens is 582 g/mol. The highest BCUT2D eigenvalue weighted by Gasteiger charge is 2.35. The lowest BCUT2D eigenvalue weighted by molar-refractivity contribution is 0.0642. The van der Waals surface area contributed by atoms with Gasteiger partial charge >= 0.3 is 0 Å². The number of fused-ring (bicyclic) bond motifs is 3. The second-order valence-corrected chi connectivity index (χ2v) is 12.3. The fourth-order valence-electron chi connectivity index (χ4n) is 6.03. The number of amides is 2. The van der Waals surface area contributed by atoms with Gasteiger partial charge in [0.15, 0.2) is 5.65 Å². The van der Waals surface area contributed by atoms with E-state index in [0.29, 0.717) is 33.0 Å². The van der Waals surface area contributed by atoms with Crippen LogP contribution in [0.1, 0.15) is 37.0 Å². The van der Waals surface area contributed by atoms with Gasteiger partial charge in [0.25, 0.3) is 17.4 Å². The number of hydrogen-bond donors (Lipinski definition) is 1. The number of aromatic nitrogens is 4. The number of thiazole rings is 1. The number of carbonyl (C=O) groups excluding carboxylic acids is 2. The Morgan fingerprint density at radius 1 is 0.711 bits per heavy atom. The van der Waals surface area contributed by atoms with Crippen LogP contribution >= 0.6 is 11.3 Å². The van der Waals surface area contributed by atoms with E-state index in [2.05, 4.69) is 17.2 Å². The van der Waals surface area contributed by atoms with Crippen molar-refractivity contribution in [2.45, 2.75) is 20.4 Å². The average Bonchev–Trinajstić information content (AvgIpc) is 3.71. The largest absolute Gasteiger partial charge is 0.288 e. The fraction of sp³-hybridized carbons (Fsp3) is 0.0833. The van der Waals surface area contributed by atoms with E-state index < -0.39 is 0 Å². The van der Waals surface area contributed by atoms with Gasteiger partial charge in [-0.2, -0.15) is 4.52 Å². The predicted molar refractivity (Wildman–Crippen MR) is 175 cm³/mol. The van der Waals surface area contributed by atoms with Crippen molar-refractivity contribution in [2.75, 3.05) is 0 Å². The van der Waals surface area contributed by atoms with Gasteiger partial charge < -0.3 is 0 Å². The number of benzene rings is 4. The molecule has 1 aliphatic heterocycles. The Hall–Kier alpha value is -5.67. The molecule has 0 atom stereocenters. The summed E-state index contributed by atoms with van der Waals surface area (Å²) in [5.41, 5.74) is 8.48. The Labute approximate surface area is 261 Å². The number of carbonyl (C=O) groups is 2. The molecule has 8 rings (SSSR count). The summed E-state index contributed by atoms with van der Waals surface area (Å²) in [6.45, 7) is 3.99. The van der Waals surface area contributed by atoms with Crippen molar-refractivity contribution < 1.29 is 9.59 Å². The fourth-order valence-corrected chi connectivity index (χ4v) is 7.03. The number of rotatable bonds is 5. The molecule has 7 aromatic rings. The molecule has 3 aromatic heterocycles. The van der Waals surface area contributed by atoms with Crippen LogP contribution in [0.25, 0.3) is 49.4 Å². The smallest absolute Gasteiger partial charge is 0.280 e. The summed E-state index contributed by atoms with van der Waals surface area (Å²) < 4.78 is 2.38. The van der Waals surface area contributed by atoms with E-state index in [-0.39, 0.29) is 23.9 Å². The summed E-state index contributed by atoms with van der Waals surface area (Å²) in [5.74, 6) is -0.631. The number of aromatic amines is 1. The van der Waals surface area contributed by atoms with Crippen LogP contribution in [0.3, 0.4) is 0 Å². The molecule has 2 amide bonds. The standard InChI is InChI=1S/C36H25N5O3S/c1-20-12-14-23(15-13-20)32-31(22-8-4-3-5-9-22)33-37-21(2)30(36(44)41(33)39-32)24-16-17-27-28(18-24)45-29(38-27)19-40-34(42)25-10-6-7-11-26(25)35(40)43/h3-18,39H,19H2,1-2H3. The van der Waals surface area contributed by atoms with Crippen LogP contribution in [0.5, 0.6) is 0 Å². The van der Waals surface area contributed by atoms with Crippen LogP contribution < -0.4 is 5.56 Å². The van der Waals surface area contributed by atoms with Gasteiger partial charge in [-0.1, -0.05) is 78.4 Å². The quantitative estimate of drug-likeness (QED) is 0.212. The minimum absolute atomic E-state index is 0.0861. The number of nitrogens with zero attached hydrogens (tertiary/aromatic N) is 4. The van der Waals surface area contributed by atoms with Crippen molar-refractivity contribution in [3.8, 4) is 33.5 Å². The highest BCUT2D eigenvalue weighted by Crippen LogP contribution is 2.36. The van der Waals surface area contributed by atoms with E-state index in [1.807, 2.05) is 74.5 Å². The lowest BCUT2D eigenvalue weighted by Gasteiger charge is -2.11. The van der Waals surface area contributed by atoms with Gasteiger partial charge in [0.1, 0.15) is 5.01 Å². The van der Waals surface area contributed by atoms with Crippen LogP contribution in [0, 0.1) is 13.8 Å². The summed E-state index contributed by atoms with van der Waals surface area (Å²) in [6, 6.07) is 30.7. The zero-order chi connectivity index (χ0) is 30.8. The van der Waals surface area contributed by atoms with Crippen molar-refractivity contribution in [1.82, 2.24) is 24.5 Å². The van der Waals surface area contributed by atoms with Gasteiger partial charge in [0, 0.05) is 5.56 Å². The lowest BCUT2D eigenvalue weighted by atomic mass is 10.00. The van der Waals surface area contributed by atoms with Crippen molar-refractivity contribution in [1.29, 1.82) is 0 Å². The summed E-state index contributed by atoms with van der Waals surface area (Å²) >= 11 is 1.40. The predicted octanol–water partition coefficient (Wildman–Crippen LogP) is 7.05. The molecule has 8 nitrogen and oxygen atoms in total. The van der Waals surface area contributed by atoms with Gasteiger partial charge in [-0.3, -0.25) is 24.4 Å². The van der Waals surface area contributed by atoms with E-state index in [0.717, 1.165) is 43.7 Å². The van der Waals surface area contributed by atoms with E-state index in [9.17, 15) is 14.4 Å². The molecule has 218 valence electrons. The summed E-state index contributed by atoms with van der Waals surface area (Å²) in [5, 5.41) is 4.00. The molecule has 0 spiro atoms. The number of hydrogen-bond acceptors (Lipinski definition) is 6. The second kappa shape index (κ2) is 10.2. The van der Waals surface area contributed by atoms with E-state index in [1.54, 1.807) is 24.3 Å². The van der Waals surface area contributed by atoms with Crippen LogP contribution in [-0.4, -0.2) is 36.3 Å². The SMILES string of the molecule is Cc1ccc(-c2[nH]n3c(=O)c(-c4ccc5nc(CN6C(=O)c7ccccc7C6=O)sc5c4)c(C)nc3c2-c2ccccc2)cc1. The van der Waals surface area contributed by atoms with Crippen molar-refractivity contribution >= 4 is 39.0 Å². The first-order valence-corrected chi connectivity index (χ1v) is 15.3. The van der Waals surface area contributed by atoms with Crippen molar-refractivity contribution in [3.05, 3.63) is 135 Å². The Balaban J connectivity index is 1.21. The molecule has 0 radical (unpaired) electrons. The second-order valence-electron chi connectivity index (χ2n) is 11.2. The molecule has 1 aliphatic rings. The van der Waals surface area contributed by atoms with Gasteiger partial charge in [-0.25, -0.2) is 9.97 Å². The maximum absolute atomic E-state index is 14.2. The summed E-state index contributed by atoms with van der Waals surface area (Å²) in [7, 11) is 0. The zero-order valence-corrected chi connectivity index (χ0v) is 25.2. The molecule has 0 saturated carbocycles. The molecule has 4 aromatic carbocycles. The lowest BCUT2D eigenvalue weighted by Crippen LogP contribution is -2.28. The highest BCUT2D eigenvalue weighted by atomic mass is 32.1. The Bertz CT molecular complexity index is 2350. The van der Waals surface area contributed by atoms with Gasteiger partial charge in [-0.05, 0) is 49.2 Å². The van der Waals surface area contributed by atoms with Crippen LogP contribution in [0.4, 0.5) is 0 Å². The van der Waals surface area contributed by atoms with Crippen LogP contribution in [0.15, 0.2) is 102 Å². The monoisotopic (exact) mass is 607 g/mol. The van der Waals surface area contributed by atoms with Crippen molar-refractivity contribution in [3.63, 3.8) is 0 Å². The van der Waals surface area contributed by atoms with E-state index in [4.69, 9.17) is 9.97 Å². The third-order valence-corrected chi connectivity index (χ3v) is 9.26. The number of nitrogens with one attached hydrogen (secondary N) is 1. The molecule has 4 heterocycles. The molecule has 1 N–H and O–H groups in total. The molecule has 0 fully saturated rings. The summed E-state index contributed by atoms with van der Waals surface area (Å²) in [4.78, 5) is 50.9. The third kappa shape index (κ3) is 4.31. The Kier molecular flexibility index (Phi) is 6.11. The third-order valence-electron chi connectivity index (χ3n) is 8.26. The Morgan fingerprint density at radius 3 is 2.09 bits per heavy atom. The first-order valence-electron chi connectivity index (χ1n) is 14.5. The highest BCUT2D eigenvalue weighted by molar-refractivity contribution is 7.18. The molecular formula is C36H25N5O3S. The Morgan fingerprint density at radius 2 is 1.38 bits per heavy atom. The minimum atomic E-state index is -0.315. The van der Waals surface area contributed by atoms with E-state index in [1.165, 1.54) is 20.8 Å². The molecule has 45 heavy (non-hydrogen) atoms. The van der Waals surface area contributed by atoms with Gasteiger partial charge in [0.2, 0.25) is 0 Å². The molecule has 0 aliphatic carbocycles. The van der Waals surface area contributed by atoms with Crippen molar-refractivity contribution in [2.24, 2.45) is 0 Å². The van der Waals surface area contributed by atoms with Gasteiger partial charge in [-0.15, -0.1) is 11.3 Å². The average molecular weight is 608 g/mol. The number of imide groups is 1. The first kappa shape index (κ1) is 26.9. The zero-order valence-electron chi connectivity index (χ0n) is 24.4. The number of aryl methyl sites for hydroxylation is 2. The first-order chi connectivity index (χ1) is 21.9. The molecule has 9 heteroatoms. The van der Waals surface area contributed by atoms with Crippen LogP contribution in [-0.2, 0) is 6.54 Å². The number of H-pyrrole nitrogens is 1. The molecule has 0 unspecified atom stereocenters. The summed E-state index contributed by atoms with van der Waals surface area (Å²) in [6.07, 6.45) is 0. The maximum atomic E-state index is 14.2. The molecule has 0 bridgehead atoms. The topological polar surface area (TPSA) is 100 Å². The maximum Gasteiger partial charge on any atom is 0.280 e. The minimum Gasteiger partial charge on any atom is -0.288 e. The van der Waals surface area contributed by atoms with E-state index >= 15 is 0 Å². The normalized spacial score (nSPS) is 12.9.